The van der Waals surface area contributed by atoms with Crippen LogP contribution in [0.3, 0.4) is 0 Å². The summed E-state index contributed by atoms with van der Waals surface area (Å²) < 4.78 is 5.48. The first-order valence-corrected chi connectivity index (χ1v) is 24.7. The van der Waals surface area contributed by atoms with Gasteiger partial charge in [-0.1, -0.05) is 60.7 Å². The van der Waals surface area contributed by atoms with E-state index in [4.69, 9.17) is 10.5 Å². The van der Waals surface area contributed by atoms with E-state index in [-0.39, 0.29) is 50.8 Å². The number of H-pyrrole nitrogens is 1. The summed E-state index contributed by atoms with van der Waals surface area (Å²) in [4.78, 5) is 102. The molecule has 1 aromatic heterocycles. The minimum Gasteiger partial charge on any atom is -0.508 e. The van der Waals surface area contributed by atoms with Crippen molar-refractivity contribution in [3.63, 3.8) is 0 Å². The van der Waals surface area contributed by atoms with Crippen LogP contribution in [-0.2, 0) is 52.8 Å². The van der Waals surface area contributed by atoms with Crippen LogP contribution < -0.4 is 32.3 Å². The number of hydrogen-bond donors (Lipinski definition) is 9. The molecule has 6 amide bonds. The molecule has 2 heterocycles. The van der Waals surface area contributed by atoms with E-state index in [1.54, 1.807) is 63.4 Å². The Kier molecular flexibility index (Phi) is 19.9. The molecule has 10 N–H and O–H groups in total. The van der Waals surface area contributed by atoms with Gasteiger partial charge in [0.1, 0.15) is 47.6 Å². The van der Waals surface area contributed by atoms with Crippen molar-refractivity contribution in [1.82, 2.24) is 36.5 Å². The monoisotopic (exact) mass is 970 g/mol. The number of benzene rings is 3. The lowest BCUT2D eigenvalue weighted by Crippen LogP contribution is -2.60. The summed E-state index contributed by atoms with van der Waals surface area (Å²) in [6, 6.07) is 15.5. The molecule has 4 aromatic rings. The molecule has 0 aliphatic carbocycles. The highest BCUT2D eigenvalue weighted by Crippen LogP contribution is 2.23. The first-order valence-electron chi connectivity index (χ1n) is 23.3. The highest BCUT2D eigenvalue weighted by atomic mass is 32.2. The van der Waals surface area contributed by atoms with Crippen molar-refractivity contribution in [2.24, 2.45) is 5.73 Å². The Morgan fingerprint density at radius 2 is 1.36 bits per heavy atom. The lowest BCUT2D eigenvalue weighted by Gasteiger charge is -2.31. The fourth-order valence-corrected chi connectivity index (χ4v) is 8.62. The first-order chi connectivity index (χ1) is 33.0. The molecule has 1 aliphatic rings. The van der Waals surface area contributed by atoms with Crippen molar-refractivity contribution < 1.29 is 48.5 Å². The number of nitrogens with zero attached hydrogens (tertiary/aromatic N) is 1. The molecule has 1 saturated heterocycles. The van der Waals surface area contributed by atoms with Crippen LogP contribution >= 0.6 is 11.8 Å². The Balaban J connectivity index is 1.41. The average molecular weight is 971 g/mol. The number of aromatic amines is 1. The van der Waals surface area contributed by atoms with Gasteiger partial charge in [-0.25, -0.2) is 9.59 Å². The van der Waals surface area contributed by atoms with Crippen molar-refractivity contribution in [3.8, 4) is 5.75 Å². The van der Waals surface area contributed by atoms with Gasteiger partial charge in [0.05, 0.1) is 0 Å². The number of rotatable bonds is 24. The number of nitrogens with one attached hydrogen (secondary N) is 6. The first kappa shape index (κ1) is 53.4. The number of aromatic hydroxyl groups is 1. The molecule has 19 heteroatoms. The van der Waals surface area contributed by atoms with E-state index in [1.165, 1.54) is 28.8 Å². The molecule has 372 valence electrons. The number of para-hydroxylation sites is 1. The second kappa shape index (κ2) is 25.7. The van der Waals surface area contributed by atoms with Crippen LogP contribution in [0.4, 0.5) is 4.79 Å². The molecule has 0 spiro atoms. The predicted octanol–water partition coefficient (Wildman–Crippen LogP) is 3.69. The second-order valence-corrected chi connectivity index (χ2v) is 19.1. The summed E-state index contributed by atoms with van der Waals surface area (Å²) >= 11 is 1.44. The van der Waals surface area contributed by atoms with E-state index in [1.807, 2.05) is 36.6 Å². The molecule has 1 fully saturated rings. The van der Waals surface area contributed by atoms with Crippen molar-refractivity contribution in [3.05, 3.63) is 102 Å². The number of alkyl carbamates (subject to hydrolysis) is 1. The highest BCUT2D eigenvalue weighted by molar-refractivity contribution is 7.98. The number of ether oxygens (including phenoxy) is 1. The molecule has 0 radical (unpaired) electrons. The van der Waals surface area contributed by atoms with E-state index in [0.29, 0.717) is 42.7 Å². The van der Waals surface area contributed by atoms with Crippen molar-refractivity contribution in [1.29, 1.82) is 0 Å². The number of hydrogen-bond acceptors (Lipinski definition) is 11. The van der Waals surface area contributed by atoms with Crippen LogP contribution in [0, 0.1) is 0 Å². The minimum atomic E-state index is -1.26. The van der Waals surface area contributed by atoms with Gasteiger partial charge in [-0.3, -0.25) is 24.0 Å². The molecule has 6 atom stereocenters. The molecular weight excluding hydrogens is 905 g/mol. The Morgan fingerprint density at radius 3 is 2.03 bits per heavy atom. The number of phenolic OH excluding ortho intramolecular Hbond substituents is 1. The highest BCUT2D eigenvalue weighted by Gasteiger charge is 2.40. The maximum atomic E-state index is 14.8. The number of carbonyl (C=O) groups excluding carboxylic acids is 6. The molecule has 2 unspecified atom stereocenters. The third-order valence-electron chi connectivity index (χ3n) is 11.7. The topological polar surface area (TPSA) is 274 Å². The number of aromatic nitrogens is 1. The number of fused-ring (bicyclic) bond motifs is 1. The van der Waals surface area contributed by atoms with Gasteiger partial charge >= 0.3 is 12.1 Å². The van der Waals surface area contributed by atoms with E-state index >= 15 is 0 Å². The summed E-state index contributed by atoms with van der Waals surface area (Å²) in [5.41, 5.74) is 7.56. The number of carbonyl (C=O) groups is 7. The van der Waals surface area contributed by atoms with Gasteiger partial charge in [0.15, 0.2) is 0 Å². The van der Waals surface area contributed by atoms with Gasteiger partial charge in [0, 0.05) is 42.9 Å². The van der Waals surface area contributed by atoms with Gasteiger partial charge < -0.3 is 57.2 Å². The number of aliphatic carboxylic acids is 1. The van der Waals surface area contributed by atoms with E-state index in [2.05, 4.69) is 31.6 Å². The number of amides is 6. The molecular formula is C50H66N8O10S. The lowest BCUT2D eigenvalue weighted by atomic mass is 10.0. The van der Waals surface area contributed by atoms with E-state index < -0.39 is 83.5 Å². The largest absolute Gasteiger partial charge is 0.508 e. The Bertz CT molecular complexity index is 2370. The molecule has 18 nitrogen and oxygen atoms in total. The van der Waals surface area contributed by atoms with E-state index in [0.717, 1.165) is 16.5 Å². The average Bonchev–Trinajstić information content (AvgIpc) is 3.97. The lowest BCUT2D eigenvalue weighted by molar-refractivity contribution is -0.143. The number of likely N-dealkylation sites (tertiary alicyclic amines) is 1. The van der Waals surface area contributed by atoms with Crippen molar-refractivity contribution in [2.45, 2.75) is 120 Å². The maximum Gasteiger partial charge on any atom is 0.408 e. The fraction of sp³-hybridized carbons (Fsp3) is 0.460. The smallest absolute Gasteiger partial charge is 0.408 e. The number of nitrogens with two attached hydrogens (primary N) is 1. The van der Waals surface area contributed by atoms with Gasteiger partial charge in [-0.05, 0) is 113 Å². The normalized spacial score (nSPS) is 15.8. The number of carboxylic acids is 1. The quantitative estimate of drug-likeness (QED) is 0.0455. The third kappa shape index (κ3) is 16.3. The summed E-state index contributed by atoms with van der Waals surface area (Å²) in [6.45, 7) is 5.59. The van der Waals surface area contributed by atoms with Crippen LogP contribution in [0.25, 0.3) is 10.9 Å². The zero-order valence-electron chi connectivity index (χ0n) is 39.6. The second-order valence-electron chi connectivity index (χ2n) is 18.2. The Labute approximate surface area is 406 Å². The number of carboxylic acid groups (broad SMARTS) is 1. The van der Waals surface area contributed by atoms with Crippen LogP contribution in [-0.4, -0.2) is 129 Å². The number of thioether (sulfide) groups is 1. The fourth-order valence-electron chi connectivity index (χ4n) is 8.15. The standard InChI is InChI=1S/C50H66N8O10S/c1-50(2,3)68-49(67)57-39(27-31-13-6-5-7-14-31)44(61)56-41(28-32-19-21-34(59)22-20-32)47(64)58-25-12-18-42(58)46(63)55-40(29-33-30-52-36-16-9-8-15-35(33)36)45(62)53-37(23-26-69-4)43(60)54-38(48(65)66)17-10-11-24-51/h5-9,13-16,19-22,30,37-42,52,59H,10-12,17-18,23-29,51H2,1-4H3,(H,53,62)(H,54,60)(H,55,63)(H,56,61)(H,57,67)(H,65,66)/t37-,38?,39-,40-,41-,42?/m0/s1. The molecule has 1 aliphatic heterocycles. The van der Waals surface area contributed by atoms with E-state index in [9.17, 15) is 43.8 Å². The molecule has 0 saturated carbocycles. The number of unbranched alkanes of at least 4 members (excludes halogenated alkanes) is 1. The molecule has 69 heavy (non-hydrogen) atoms. The Morgan fingerprint density at radius 1 is 0.754 bits per heavy atom. The van der Waals surface area contributed by atoms with Crippen LogP contribution in [0.5, 0.6) is 5.75 Å². The molecule has 3 aromatic carbocycles. The number of phenols is 1. The molecule has 5 rings (SSSR count). The third-order valence-corrected chi connectivity index (χ3v) is 12.3. The van der Waals surface area contributed by atoms with Gasteiger partial charge in [0.2, 0.25) is 29.5 Å². The van der Waals surface area contributed by atoms with Gasteiger partial charge in [0.25, 0.3) is 0 Å². The van der Waals surface area contributed by atoms with Crippen molar-refractivity contribution >= 4 is 64.3 Å². The SMILES string of the molecule is CSCC[C@H](NC(=O)[C@H](Cc1c[nH]c2ccccc12)NC(=O)C1CCCN1C(=O)[C@H](Cc1ccc(O)cc1)NC(=O)[C@H](Cc1ccccc1)NC(=O)OC(C)(C)C)C(=O)NC(CCCCN)C(=O)O. The summed E-state index contributed by atoms with van der Waals surface area (Å²) in [5.74, 6) is -4.05. The Hall–Kier alpha value is -6.60. The predicted molar refractivity (Wildman–Crippen MR) is 263 cm³/mol. The van der Waals surface area contributed by atoms with Crippen LogP contribution in [0.2, 0.25) is 0 Å². The van der Waals surface area contributed by atoms with Gasteiger partial charge in [-0.2, -0.15) is 11.8 Å². The summed E-state index contributed by atoms with van der Waals surface area (Å²) in [7, 11) is 0. The minimum absolute atomic E-state index is 0.00311. The van der Waals surface area contributed by atoms with Crippen molar-refractivity contribution in [2.75, 3.05) is 25.1 Å². The van der Waals surface area contributed by atoms with Crippen LogP contribution in [0.1, 0.15) is 76.0 Å². The summed E-state index contributed by atoms with van der Waals surface area (Å²) in [5, 5.41) is 34.5. The maximum absolute atomic E-state index is 14.8. The zero-order chi connectivity index (χ0) is 50.1. The van der Waals surface area contributed by atoms with Crippen LogP contribution in [0.15, 0.2) is 85.1 Å². The zero-order valence-corrected chi connectivity index (χ0v) is 40.4. The molecule has 0 bridgehead atoms. The summed E-state index contributed by atoms with van der Waals surface area (Å²) in [6.07, 6.45) is 4.76. The van der Waals surface area contributed by atoms with Gasteiger partial charge in [-0.15, -0.1) is 0 Å².